The first kappa shape index (κ1) is 26.7. The van der Waals surface area contributed by atoms with Crippen LogP contribution in [0.5, 0.6) is 5.75 Å². The van der Waals surface area contributed by atoms with Crippen LogP contribution in [0.1, 0.15) is 40.7 Å². The van der Waals surface area contributed by atoms with Crippen LogP contribution < -0.4 is 15.4 Å². The number of aromatic nitrogens is 1. The van der Waals surface area contributed by atoms with Crippen LogP contribution in [0.15, 0.2) is 67.0 Å². The zero-order valence-corrected chi connectivity index (χ0v) is 19.5. The van der Waals surface area contributed by atoms with Gasteiger partial charge in [0.15, 0.2) is 0 Å². The monoisotopic (exact) mass is 519 g/mol. The number of anilines is 1. The molecule has 3 rings (SSSR count). The molecule has 36 heavy (non-hydrogen) atoms. The third-order valence-electron chi connectivity index (χ3n) is 4.91. The molecule has 0 unspecified atom stereocenters. The van der Waals surface area contributed by atoms with Crippen molar-refractivity contribution >= 4 is 35.1 Å². The Kier molecular flexibility index (Phi) is 9.02. The minimum Gasteiger partial charge on any atom is -0.427 e. The quantitative estimate of drug-likeness (QED) is 0.291. The minimum atomic E-state index is -4.58. The molecule has 2 N–H and O–H groups in total. The Bertz CT molecular complexity index is 1220. The minimum absolute atomic E-state index is 0.0129. The smallest absolute Gasteiger partial charge is 0.416 e. The van der Waals surface area contributed by atoms with Gasteiger partial charge in [0.2, 0.25) is 5.91 Å². The van der Waals surface area contributed by atoms with E-state index in [1.165, 1.54) is 24.3 Å². The molecule has 0 fully saturated rings. The van der Waals surface area contributed by atoms with Crippen LogP contribution in [0, 0.1) is 0 Å². The van der Waals surface area contributed by atoms with Crippen LogP contribution in [-0.2, 0) is 22.3 Å². The lowest BCUT2D eigenvalue weighted by atomic mass is 10.1. The Morgan fingerprint density at radius 2 is 1.64 bits per heavy atom. The lowest BCUT2D eigenvalue weighted by Crippen LogP contribution is -2.22. The van der Waals surface area contributed by atoms with Gasteiger partial charge < -0.3 is 15.4 Å². The summed E-state index contributed by atoms with van der Waals surface area (Å²) >= 11 is 5.90. The number of carbonyl (C=O) groups excluding carboxylic acids is 3. The van der Waals surface area contributed by atoms with Gasteiger partial charge in [-0.05, 0) is 66.6 Å². The summed E-state index contributed by atoms with van der Waals surface area (Å²) in [7, 11) is 0. The van der Waals surface area contributed by atoms with Crippen LogP contribution in [0.4, 0.5) is 18.9 Å². The highest BCUT2D eigenvalue weighted by Gasteiger charge is 2.31. The number of hydrogen-bond acceptors (Lipinski definition) is 5. The SMILES string of the molecule is O=C(CCCC(=O)Oc1ccc(C(=O)Nc2cc(C(F)(F)F)ccc2Cl)cc1)NCc1ccncc1. The van der Waals surface area contributed by atoms with E-state index in [1.807, 2.05) is 0 Å². The molecule has 1 aromatic heterocycles. The van der Waals surface area contributed by atoms with Crippen LogP contribution in [0.2, 0.25) is 5.02 Å². The van der Waals surface area contributed by atoms with Crippen LogP contribution in [0.3, 0.4) is 0 Å². The Hall–Kier alpha value is -3.92. The average molecular weight is 520 g/mol. The van der Waals surface area contributed by atoms with Crippen molar-refractivity contribution in [3.8, 4) is 5.75 Å². The maximum Gasteiger partial charge on any atom is 0.416 e. The third-order valence-corrected chi connectivity index (χ3v) is 5.24. The normalized spacial score (nSPS) is 11.0. The number of benzene rings is 2. The number of halogens is 4. The number of rotatable bonds is 9. The summed E-state index contributed by atoms with van der Waals surface area (Å²) in [6, 6.07) is 11.6. The fraction of sp³-hybridized carbons (Fsp3) is 0.200. The Labute approximate surface area is 209 Å². The topological polar surface area (TPSA) is 97.4 Å². The van der Waals surface area contributed by atoms with E-state index < -0.39 is 23.6 Å². The first-order chi connectivity index (χ1) is 17.1. The standard InChI is InChI=1S/C25H21ClF3N3O4/c26-20-9-6-18(25(27,28)29)14-21(20)32-24(35)17-4-7-19(8-5-17)36-23(34)3-1-2-22(33)31-15-16-10-12-30-13-11-16/h4-14H,1-3,15H2,(H,31,33)(H,32,35). The van der Waals surface area contributed by atoms with E-state index >= 15 is 0 Å². The van der Waals surface area contributed by atoms with Crippen LogP contribution >= 0.6 is 11.6 Å². The Balaban J connectivity index is 1.45. The van der Waals surface area contributed by atoms with Crippen molar-refractivity contribution in [3.63, 3.8) is 0 Å². The molecule has 0 saturated carbocycles. The summed E-state index contributed by atoms with van der Waals surface area (Å²) in [4.78, 5) is 40.2. The van der Waals surface area contributed by atoms with Crippen molar-refractivity contribution in [2.45, 2.75) is 32.0 Å². The van der Waals surface area contributed by atoms with Crippen molar-refractivity contribution in [2.75, 3.05) is 5.32 Å². The Morgan fingerprint density at radius 3 is 2.31 bits per heavy atom. The summed E-state index contributed by atoms with van der Waals surface area (Å²) in [5, 5.41) is 5.04. The molecule has 2 amide bonds. The molecular formula is C25H21ClF3N3O4. The van der Waals surface area contributed by atoms with Gasteiger partial charge in [0.05, 0.1) is 16.3 Å². The fourth-order valence-corrected chi connectivity index (χ4v) is 3.20. The van der Waals surface area contributed by atoms with Crippen molar-refractivity contribution in [2.24, 2.45) is 0 Å². The highest BCUT2D eigenvalue weighted by atomic mass is 35.5. The lowest BCUT2D eigenvalue weighted by molar-refractivity contribution is -0.137. The van der Waals surface area contributed by atoms with Gasteiger partial charge in [-0.3, -0.25) is 19.4 Å². The van der Waals surface area contributed by atoms with E-state index in [2.05, 4.69) is 15.6 Å². The summed E-state index contributed by atoms with van der Waals surface area (Å²) in [6.45, 7) is 0.367. The first-order valence-corrected chi connectivity index (χ1v) is 11.1. The average Bonchev–Trinajstić information content (AvgIpc) is 2.84. The molecule has 0 atom stereocenters. The number of carbonyl (C=O) groups is 3. The zero-order chi connectivity index (χ0) is 26.1. The molecule has 0 spiro atoms. The number of pyridine rings is 1. The lowest BCUT2D eigenvalue weighted by Gasteiger charge is -2.12. The van der Waals surface area contributed by atoms with Gasteiger partial charge in [-0.2, -0.15) is 13.2 Å². The number of alkyl halides is 3. The van der Waals surface area contributed by atoms with Gasteiger partial charge in [0.25, 0.3) is 5.91 Å². The zero-order valence-electron chi connectivity index (χ0n) is 18.8. The molecule has 0 aliphatic heterocycles. The maximum atomic E-state index is 12.9. The van der Waals surface area contributed by atoms with Crippen molar-refractivity contribution in [3.05, 3.63) is 88.7 Å². The number of hydrogen-bond donors (Lipinski definition) is 2. The molecule has 0 bridgehead atoms. The summed E-state index contributed by atoms with van der Waals surface area (Å²) in [5.74, 6) is -1.26. The van der Waals surface area contributed by atoms with Gasteiger partial charge in [-0.15, -0.1) is 0 Å². The summed E-state index contributed by atoms with van der Waals surface area (Å²) in [6.07, 6.45) is -0.875. The second-order valence-corrected chi connectivity index (χ2v) is 8.04. The molecule has 0 saturated heterocycles. The summed E-state index contributed by atoms with van der Waals surface area (Å²) < 4.78 is 43.9. The second kappa shape index (κ2) is 12.2. The molecule has 7 nitrogen and oxygen atoms in total. The number of ether oxygens (including phenoxy) is 1. The van der Waals surface area contributed by atoms with Crippen molar-refractivity contribution < 1.29 is 32.3 Å². The van der Waals surface area contributed by atoms with E-state index in [-0.39, 0.29) is 40.8 Å². The highest BCUT2D eigenvalue weighted by molar-refractivity contribution is 6.34. The second-order valence-electron chi connectivity index (χ2n) is 7.63. The predicted molar refractivity (Wildman–Crippen MR) is 126 cm³/mol. The maximum absolute atomic E-state index is 12.9. The molecule has 0 aliphatic carbocycles. The predicted octanol–water partition coefficient (Wildman–Crippen LogP) is 5.40. The van der Waals surface area contributed by atoms with E-state index in [0.717, 1.165) is 23.8 Å². The number of amides is 2. The van der Waals surface area contributed by atoms with Gasteiger partial charge in [0, 0.05) is 37.3 Å². The van der Waals surface area contributed by atoms with Gasteiger partial charge in [-0.1, -0.05) is 11.6 Å². The van der Waals surface area contributed by atoms with E-state index in [4.69, 9.17) is 16.3 Å². The molecule has 0 radical (unpaired) electrons. The highest BCUT2D eigenvalue weighted by Crippen LogP contribution is 2.34. The number of nitrogens with zero attached hydrogens (tertiary/aromatic N) is 1. The molecule has 11 heteroatoms. The molecule has 3 aromatic rings. The molecule has 0 aliphatic rings. The van der Waals surface area contributed by atoms with Crippen LogP contribution in [-0.4, -0.2) is 22.8 Å². The van der Waals surface area contributed by atoms with Crippen LogP contribution in [0.25, 0.3) is 0 Å². The molecule has 1 heterocycles. The van der Waals surface area contributed by atoms with E-state index in [9.17, 15) is 27.6 Å². The van der Waals surface area contributed by atoms with Crippen molar-refractivity contribution in [1.82, 2.24) is 10.3 Å². The number of nitrogens with one attached hydrogen (secondary N) is 2. The largest absolute Gasteiger partial charge is 0.427 e. The Morgan fingerprint density at radius 1 is 0.944 bits per heavy atom. The fourth-order valence-electron chi connectivity index (χ4n) is 3.03. The van der Waals surface area contributed by atoms with Gasteiger partial charge in [-0.25, -0.2) is 0 Å². The molecule has 2 aromatic carbocycles. The van der Waals surface area contributed by atoms with Gasteiger partial charge >= 0.3 is 12.1 Å². The summed E-state index contributed by atoms with van der Waals surface area (Å²) in [5.41, 5.74) is -0.102. The van der Waals surface area contributed by atoms with Gasteiger partial charge in [0.1, 0.15) is 5.75 Å². The van der Waals surface area contributed by atoms with E-state index in [0.29, 0.717) is 13.0 Å². The molecular weight excluding hydrogens is 499 g/mol. The van der Waals surface area contributed by atoms with E-state index in [1.54, 1.807) is 24.5 Å². The number of esters is 1. The first-order valence-electron chi connectivity index (χ1n) is 10.8. The van der Waals surface area contributed by atoms with Crippen molar-refractivity contribution in [1.29, 1.82) is 0 Å². The third kappa shape index (κ3) is 8.09. The molecule has 188 valence electrons.